The fourth-order valence-corrected chi connectivity index (χ4v) is 7.69. The van der Waals surface area contributed by atoms with E-state index < -0.39 is 7.26 Å². The van der Waals surface area contributed by atoms with Crippen molar-refractivity contribution in [2.75, 3.05) is 6.16 Å². The third kappa shape index (κ3) is 6.09. The number of allylic oxidation sites excluding steroid dienone is 4. The topological polar surface area (TPSA) is 0 Å². The van der Waals surface area contributed by atoms with Crippen LogP contribution in [0.3, 0.4) is 0 Å². The van der Waals surface area contributed by atoms with Gasteiger partial charge < -0.3 is 0 Å². The smallest absolute Gasteiger partial charge is 0.0876 e. The molecule has 0 saturated heterocycles. The Morgan fingerprint density at radius 3 is 1.66 bits per heavy atom. The van der Waals surface area contributed by atoms with E-state index in [4.69, 9.17) is 0 Å². The lowest BCUT2D eigenvalue weighted by atomic mass is 10.0. The molecule has 0 aliphatic heterocycles. The number of hydrogen-bond acceptors (Lipinski definition) is 0. The predicted octanol–water partition coefficient (Wildman–Crippen LogP) is 6.92. The standard InChI is InChI=1S/C31H34P/c1-4-5-16-28(25-24-27(2)3)17-15-26-32(29-18-9-6-10-19-29,30-20-11-7-12-21-30)31-22-13-8-14-23-31/h4-14,16,18-23,27H,24-26H2,1-3H3/q+1/b5-4+,28-16+. The third-order valence-electron chi connectivity index (χ3n) is 5.64. The Hall–Kier alpha value is -2.87. The van der Waals surface area contributed by atoms with Crippen molar-refractivity contribution in [3.63, 3.8) is 0 Å². The van der Waals surface area contributed by atoms with Gasteiger partial charge in [-0.2, -0.15) is 0 Å². The molecular weight excluding hydrogens is 403 g/mol. The molecule has 0 heterocycles. The van der Waals surface area contributed by atoms with Gasteiger partial charge in [0.2, 0.25) is 0 Å². The Bertz CT molecular complexity index is 968. The van der Waals surface area contributed by atoms with Crippen LogP contribution in [0.15, 0.2) is 115 Å². The van der Waals surface area contributed by atoms with Crippen LogP contribution in [0.2, 0.25) is 0 Å². The maximum Gasteiger partial charge on any atom is 0.134 e. The summed E-state index contributed by atoms with van der Waals surface area (Å²) in [5.74, 6) is 7.89. The Morgan fingerprint density at radius 2 is 1.25 bits per heavy atom. The Labute approximate surface area is 195 Å². The zero-order chi connectivity index (χ0) is 22.7. The van der Waals surface area contributed by atoms with Crippen molar-refractivity contribution in [1.29, 1.82) is 0 Å². The third-order valence-corrected chi connectivity index (χ3v) is 9.81. The molecule has 3 rings (SSSR count). The number of benzene rings is 3. The van der Waals surface area contributed by atoms with Crippen LogP contribution in [-0.2, 0) is 0 Å². The monoisotopic (exact) mass is 437 g/mol. The van der Waals surface area contributed by atoms with Gasteiger partial charge in [-0.25, -0.2) is 0 Å². The lowest BCUT2D eigenvalue weighted by Gasteiger charge is -2.25. The van der Waals surface area contributed by atoms with Gasteiger partial charge in [0.25, 0.3) is 0 Å². The molecular formula is C31H34P+. The first-order valence-electron chi connectivity index (χ1n) is 11.5. The predicted molar refractivity (Wildman–Crippen MR) is 145 cm³/mol. The van der Waals surface area contributed by atoms with Gasteiger partial charge in [-0.05, 0) is 62.1 Å². The highest BCUT2D eigenvalue weighted by Gasteiger charge is 2.44. The lowest BCUT2D eigenvalue weighted by molar-refractivity contribution is 0.589. The van der Waals surface area contributed by atoms with Crippen LogP contribution in [0.1, 0.15) is 33.6 Å². The molecule has 162 valence electrons. The molecule has 0 aromatic heterocycles. The van der Waals surface area contributed by atoms with Crippen LogP contribution < -0.4 is 15.9 Å². The van der Waals surface area contributed by atoms with Gasteiger partial charge in [0.1, 0.15) is 29.3 Å². The van der Waals surface area contributed by atoms with Crippen molar-refractivity contribution in [2.45, 2.75) is 33.6 Å². The van der Waals surface area contributed by atoms with Crippen molar-refractivity contribution >= 4 is 23.2 Å². The molecule has 0 nitrogen and oxygen atoms in total. The first-order valence-corrected chi connectivity index (χ1v) is 13.5. The second-order valence-electron chi connectivity index (χ2n) is 8.43. The first kappa shape index (κ1) is 23.8. The zero-order valence-corrected chi connectivity index (χ0v) is 20.4. The van der Waals surface area contributed by atoms with E-state index in [2.05, 4.69) is 142 Å². The molecule has 3 aromatic carbocycles. The van der Waals surface area contributed by atoms with Crippen molar-refractivity contribution < 1.29 is 0 Å². The molecule has 0 amide bonds. The Kier molecular flexibility index (Phi) is 9.10. The van der Waals surface area contributed by atoms with E-state index in [1.807, 2.05) is 0 Å². The van der Waals surface area contributed by atoms with E-state index in [0.717, 1.165) is 19.0 Å². The highest BCUT2D eigenvalue weighted by atomic mass is 31.2. The minimum Gasteiger partial charge on any atom is -0.0876 e. The fraction of sp³-hybridized carbons (Fsp3) is 0.226. The molecule has 0 spiro atoms. The van der Waals surface area contributed by atoms with Crippen LogP contribution in [-0.4, -0.2) is 6.16 Å². The Morgan fingerprint density at radius 1 is 0.781 bits per heavy atom. The van der Waals surface area contributed by atoms with Crippen LogP contribution in [0.5, 0.6) is 0 Å². The Balaban J connectivity index is 2.11. The minimum absolute atomic E-state index is 0.676. The lowest BCUT2D eigenvalue weighted by Crippen LogP contribution is -2.33. The summed E-state index contributed by atoms with van der Waals surface area (Å²) in [6.07, 6.45) is 9.39. The molecule has 0 radical (unpaired) electrons. The number of hydrogen-bond donors (Lipinski definition) is 0. The van der Waals surface area contributed by atoms with Gasteiger partial charge >= 0.3 is 0 Å². The van der Waals surface area contributed by atoms with E-state index in [-0.39, 0.29) is 0 Å². The van der Waals surface area contributed by atoms with E-state index >= 15 is 0 Å². The summed E-state index contributed by atoms with van der Waals surface area (Å²) in [5.41, 5.74) is 1.23. The molecule has 0 N–H and O–H groups in total. The quantitative estimate of drug-likeness (QED) is 0.204. The zero-order valence-electron chi connectivity index (χ0n) is 19.5. The van der Waals surface area contributed by atoms with Gasteiger partial charge in [-0.1, -0.05) is 98.5 Å². The summed E-state index contributed by atoms with van der Waals surface area (Å²) in [7, 11) is -1.89. The maximum absolute atomic E-state index is 3.65. The molecule has 0 saturated carbocycles. The minimum atomic E-state index is -1.89. The normalized spacial score (nSPS) is 12.1. The first-order chi connectivity index (χ1) is 15.7. The average Bonchev–Trinajstić information content (AvgIpc) is 2.84. The van der Waals surface area contributed by atoms with Crippen molar-refractivity contribution in [3.8, 4) is 11.8 Å². The summed E-state index contributed by atoms with van der Waals surface area (Å²) in [6, 6.07) is 32.9. The second-order valence-corrected chi connectivity index (χ2v) is 11.9. The largest absolute Gasteiger partial charge is 0.134 e. The van der Waals surface area contributed by atoms with E-state index in [1.165, 1.54) is 21.5 Å². The summed E-state index contributed by atoms with van der Waals surface area (Å²) in [5, 5.41) is 4.15. The summed E-state index contributed by atoms with van der Waals surface area (Å²) in [4.78, 5) is 0. The van der Waals surface area contributed by atoms with Gasteiger partial charge in [0, 0.05) is 5.57 Å². The van der Waals surface area contributed by atoms with E-state index in [1.54, 1.807) is 0 Å². The molecule has 0 atom stereocenters. The SMILES string of the molecule is C/C=C/C=C(\C#CC[P+](c1ccccc1)(c1ccccc1)c1ccccc1)CCC(C)C. The van der Waals surface area contributed by atoms with E-state index in [9.17, 15) is 0 Å². The van der Waals surface area contributed by atoms with Crippen molar-refractivity contribution in [2.24, 2.45) is 5.92 Å². The molecule has 0 fully saturated rings. The van der Waals surface area contributed by atoms with Crippen LogP contribution in [0, 0.1) is 17.8 Å². The molecule has 0 unspecified atom stereocenters. The molecule has 0 aliphatic rings. The van der Waals surface area contributed by atoms with E-state index in [0.29, 0.717) is 5.92 Å². The molecule has 32 heavy (non-hydrogen) atoms. The van der Waals surface area contributed by atoms with Gasteiger partial charge in [-0.3, -0.25) is 0 Å². The number of rotatable bonds is 8. The second kappa shape index (κ2) is 12.2. The van der Waals surface area contributed by atoms with Crippen molar-refractivity contribution in [1.82, 2.24) is 0 Å². The highest BCUT2D eigenvalue weighted by molar-refractivity contribution is 7.95. The summed E-state index contributed by atoms with van der Waals surface area (Å²) in [6.45, 7) is 6.61. The van der Waals surface area contributed by atoms with Crippen LogP contribution in [0.25, 0.3) is 0 Å². The molecule has 1 heteroatoms. The van der Waals surface area contributed by atoms with Crippen LogP contribution >= 0.6 is 7.26 Å². The summed E-state index contributed by atoms with van der Waals surface area (Å²) < 4.78 is 0. The van der Waals surface area contributed by atoms with Gasteiger partial charge in [0.15, 0.2) is 0 Å². The van der Waals surface area contributed by atoms with Crippen LogP contribution in [0.4, 0.5) is 0 Å². The fourth-order valence-electron chi connectivity index (χ4n) is 3.88. The van der Waals surface area contributed by atoms with Gasteiger partial charge in [0.05, 0.1) is 0 Å². The summed E-state index contributed by atoms with van der Waals surface area (Å²) >= 11 is 0. The maximum atomic E-state index is 3.65. The highest BCUT2D eigenvalue weighted by Crippen LogP contribution is 2.54. The molecule has 0 aliphatic carbocycles. The van der Waals surface area contributed by atoms with Crippen molar-refractivity contribution in [3.05, 3.63) is 115 Å². The molecule has 3 aromatic rings. The molecule has 0 bridgehead atoms. The van der Waals surface area contributed by atoms with Gasteiger partial charge in [-0.15, -0.1) is 0 Å². The average molecular weight is 438 g/mol.